The molecule has 0 bridgehead atoms. The first-order chi connectivity index (χ1) is 63.2. The highest BCUT2D eigenvalue weighted by molar-refractivity contribution is 5.33. The molecule has 0 aliphatic carbocycles. The highest BCUT2D eigenvalue weighted by Crippen LogP contribution is 2.88. The second-order valence-corrected chi connectivity index (χ2v) is 45.7. The lowest BCUT2D eigenvalue weighted by molar-refractivity contribution is -0.314. The van der Waals surface area contributed by atoms with E-state index in [2.05, 4.69) is 229 Å². The van der Waals surface area contributed by atoms with Crippen molar-refractivity contribution in [2.75, 3.05) is 0 Å². The minimum atomic E-state index is -0.210. The summed E-state index contributed by atoms with van der Waals surface area (Å²) in [7, 11) is 0. The van der Waals surface area contributed by atoms with Gasteiger partial charge in [0.15, 0.2) is 0 Å². The molecule has 0 aliphatic rings. The normalized spacial score (nSPS) is 18.2. The van der Waals surface area contributed by atoms with Crippen LogP contribution < -0.4 is 0 Å². The van der Waals surface area contributed by atoms with Gasteiger partial charge in [-0.15, -0.1) is 13.2 Å². The fourth-order valence-corrected chi connectivity index (χ4v) is 33.5. The Morgan fingerprint density at radius 2 is 0.600 bits per heavy atom. The molecule has 0 heterocycles. The van der Waals surface area contributed by atoms with E-state index in [1.165, 1.54) is 494 Å². The Morgan fingerprint density at radius 1 is 0.238 bits per heavy atom. The molecule has 0 aromatic heterocycles. The standard InChI is InChI=1S/C130H252/c1-29-56-69-77-83-106-119(28,55-27)123(97-46-18,112-86-78-70-57-30-2)125(99-48-20,100-49-21)128(104-53-25,115-89-81-73-60-33-5)129(105-54-26,116-90-82-74-61-34-6)126(101-50-22,102-51-23)127(103-52-24,114-88-80-72-59-32-4)124(98-47-19,113-87-79-71-58-31-3)122(96-45-17,111-68-41-13)118(93-65-38-10)130(117(91-42-14)92-64-37-9,120(94-43-15,107-66-39-11)109-84-75-62-35-7)121(95-44-16,108-67-40-12)110-85-76-63-36-8/h37,39,50,52,66-67,101,108,117-118H,9,24,29-36,38,40-49,51,53-65,68-100,102-107,109-116H2,1-8,10-23,25-28H3. The Labute approximate surface area is 826 Å². The van der Waals surface area contributed by atoms with Gasteiger partial charge in [-0.1, -0.05) is 568 Å². The van der Waals surface area contributed by atoms with Gasteiger partial charge in [0.2, 0.25) is 0 Å². The van der Waals surface area contributed by atoms with Gasteiger partial charge in [-0.05, 0) is 246 Å². The lowest BCUT2D eigenvalue weighted by atomic mass is 9.23. The summed E-state index contributed by atoms with van der Waals surface area (Å²) in [4.78, 5) is 0. The predicted molar refractivity (Wildman–Crippen MR) is 601 cm³/mol. The molecule has 0 aromatic rings. The van der Waals surface area contributed by atoms with E-state index in [-0.39, 0.29) is 65.0 Å². The van der Waals surface area contributed by atoms with E-state index in [0.29, 0.717) is 11.8 Å². The first-order valence-corrected chi connectivity index (χ1v) is 61.3. The zero-order valence-corrected chi connectivity index (χ0v) is 95.8. The lowest BCUT2D eigenvalue weighted by Gasteiger charge is -2.80. The van der Waals surface area contributed by atoms with E-state index in [4.69, 9.17) is 13.2 Å². The maximum absolute atomic E-state index is 5.71. The van der Waals surface area contributed by atoms with Gasteiger partial charge < -0.3 is 0 Å². The molecule has 0 radical (unpaired) electrons. The van der Waals surface area contributed by atoms with Crippen LogP contribution in [0.25, 0.3) is 0 Å². The number of allylic oxidation sites excluding steroid dienone is 8. The summed E-state index contributed by atoms with van der Waals surface area (Å²) in [6.45, 7) is 80.7. The Morgan fingerprint density at radius 3 is 0.992 bits per heavy atom. The van der Waals surface area contributed by atoms with Gasteiger partial charge in [0, 0.05) is 5.41 Å². The average molecular weight is 1820 g/mol. The molecular weight excluding hydrogens is 1560 g/mol. The number of hydrogen-bond donors (Lipinski definition) is 0. The SMILES string of the molecule is C=CCCC(CCC)C(C(CCCC)C(CCC)(CCCC)C(CCC)(CCCCCCC)C(CC=C)(CCCCCCC)C(C=CC)(CCC)C(CCC)(CCCCCCC)C(CCC)(CCCCCCC)C(CCC)(CCC)C(CCC)(CCCCCCC)C(C)(CC)CCCCCCC)(C(C=CCC)(CCC)CCCCCC)C(CC=CC)(CCC)CCCCCC. The van der Waals surface area contributed by atoms with Crippen molar-refractivity contribution in [1.29, 1.82) is 0 Å². The molecule has 0 saturated heterocycles. The minimum Gasteiger partial charge on any atom is -0.103 e. The number of unbranched alkanes of at least 4 members (excludes halogenated alkanes) is 32. The van der Waals surface area contributed by atoms with Crippen molar-refractivity contribution in [2.45, 2.75) is 694 Å². The summed E-state index contributed by atoms with van der Waals surface area (Å²) in [5.41, 5.74) is -0.283. The highest BCUT2D eigenvalue weighted by Gasteiger charge is 2.80. The van der Waals surface area contributed by atoms with Crippen LogP contribution in [0.1, 0.15) is 694 Å². The molecule has 0 aromatic carbocycles. The average Bonchev–Trinajstić information content (AvgIpc) is 0.646. The van der Waals surface area contributed by atoms with E-state index in [1.807, 2.05) is 0 Å². The first kappa shape index (κ1) is 129. The largest absolute Gasteiger partial charge is 0.103 e. The Hall–Kier alpha value is -1.30. The zero-order valence-electron chi connectivity index (χ0n) is 95.8. The molecule has 0 fully saturated rings. The van der Waals surface area contributed by atoms with Gasteiger partial charge in [0.25, 0.3) is 0 Å². The van der Waals surface area contributed by atoms with Crippen molar-refractivity contribution in [3.05, 3.63) is 61.8 Å². The van der Waals surface area contributed by atoms with Crippen LogP contribution in [0.5, 0.6) is 0 Å². The molecule has 0 spiro atoms. The molecule has 0 N–H and O–H groups in total. The lowest BCUT2D eigenvalue weighted by Crippen LogP contribution is -2.74. The Kier molecular flexibility index (Phi) is 74.8. The maximum Gasteiger partial charge on any atom is 0.000829 e. The Balaban J connectivity index is 14.7. The van der Waals surface area contributed by atoms with Crippen molar-refractivity contribution in [1.82, 2.24) is 0 Å². The molecule has 0 saturated carbocycles. The fourth-order valence-electron chi connectivity index (χ4n) is 33.5. The molecule has 772 valence electrons. The van der Waals surface area contributed by atoms with Crippen LogP contribution >= 0.6 is 0 Å². The minimum absolute atomic E-state index is 0.00740. The second kappa shape index (κ2) is 75.6. The molecular formula is C130H252. The van der Waals surface area contributed by atoms with E-state index >= 15 is 0 Å². The molecule has 130 heavy (non-hydrogen) atoms. The van der Waals surface area contributed by atoms with E-state index < -0.39 is 0 Å². The molecule has 0 nitrogen and oxygen atoms in total. The van der Waals surface area contributed by atoms with Gasteiger partial charge in [-0.2, -0.15) is 0 Å². The first-order valence-electron chi connectivity index (χ1n) is 61.3. The quantitative estimate of drug-likeness (QED) is 0.0421. The third-order valence-electron chi connectivity index (χ3n) is 37.5. The summed E-state index contributed by atoms with van der Waals surface area (Å²) in [5, 5.41) is 0. The molecule has 13 unspecified atom stereocenters. The summed E-state index contributed by atoms with van der Waals surface area (Å²) in [5.74, 6) is 1.01. The summed E-state index contributed by atoms with van der Waals surface area (Å²) in [6, 6.07) is 0. The van der Waals surface area contributed by atoms with Crippen molar-refractivity contribution < 1.29 is 0 Å². The van der Waals surface area contributed by atoms with Crippen molar-refractivity contribution >= 4 is 0 Å². The van der Waals surface area contributed by atoms with Crippen molar-refractivity contribution in [3.8, 4) is 0 Å². The molecule has 0 heteroatoms. The maximum atomic E-state index is 5.71. The van der Waals surface area contributed by atoms with Crippen LogP contribution in [0.2, 0.25) is 0 Å². The highest BCUT2D eigenvalue weighted by atomic mass is 14.8. The third-order valence-corrected chi connectivity index (χ3v) is 37.5. The van der Waals surface area contributed by atoms with Crippen LogP contribution in [0.15, 0.2) is 61.8 Å². The molecule has 0 rings (SSSR count). The van der Waals surface area contributed by atoms with Crippen molar-refractivity contribution in [2.24, 2.45) is 76.8 Å². The van der Waals surface area contributed by atoms with Crippen LogP contribution in [-0.4, -0.2) is 0 Å². The van der Waals surface area contributed by atoms with Gasteiger partial charge in [-0.3, -0.25) is 0 Å². The van der Waals surface area contributed by atoms with Crippen LogP contribution in [0.3, 0.4) is 0 Å². The van der Waals surface area contributed by atoms with Crippen molar-refractivity contribution in [3.63, 3.8) is 0 Å². The topological polar surface area (TPSA) is 0 Å². The van der Waals surface area contributed by atoms with Crippen LogP contribution in [-0.2, 0) is 0 Å². The third kappa shape index (κ3) is 33.2. The summed E-state index contributed by atoms with van der Waals surface area (Å²) >= 11 is 0. The molecule has 0 amide bonds. The fraction of sp³-hybridized carbons (Fsp3) is 0.923. The van der Waals surface area contributed by atoms with E-state index in [0.717, 1.165) is 19.3 Å². The van der Waals surface area contributed by atoms with Crippen LogP contribution in [0.4, 0.5) is 0 Å². The number of rotatable bonds is 98. The number of hydrogen-bond acceptors (Lipinski definition) is 0. The zero-order chi connectivity index (χ0) is 97.4. The predicted octanol–water partition coefficient (Wildman–Crippen LogP) is 47.8. The van der Waals surface area contributed by atoms with E-state index in [1.54, 1.807) is 0 Å². The van der Waals surface area contributed by atoms with Gasteiger partial charge >= 0.3 is 0 Å². The molecule has 0 aliphatic heterocycles. The monoisotopic (exact) mass is 1810 g/mol. The van der Waals surface area contributed by atoms with Gasteiger partial charge in [-0.25, -0.2) is 0 Å². The van der Waals surface area contributed by atoms with E-state index in [9.17, 15) is 0 Å². The smallest absolute Gasteiger partial charge is 0.000829 e. The Bertz CT molecular complexity index is 2660. The van der Waals surface area contributed by atoms with Gasteiger partial charge in [0.05, 0.1) is 0 Å². The summed E-state index contributed by atoms with van der Waals surface area (Å²) in [6.07, 6.45) is 130. The second-order valence-electron chi connectivity index (χ2n) is 45.7. The molecule has 13 atom stereocenters. The van der Waals surface area contributed by atoms with Crippen LogP contribution in [0, 0.1) is 76.8 Å². The van der Waals surface area contributed by atoms with Gasteiger partial charge in [0.1, 0.15) is 0 Å². The summed E-state index contributed by atoms with van der Waals surface area (Å²) < 4.78 is 0.